The van der Waals surface area contributed by atoms with Gasteiger partial charge in [0.25, 0.3) is 15.7 Å². The Kier molecular flexibility index (Phi) is 16.0. The van der Waals surface area contributed by atoms with Crippen LogP contribution in [0.2, 0.25) is 0 Å². The molecule has 0 radical (unpaired) electrons. The molecule has 2 aromatic heterocycles. The summed E-state index contributed by atoms with van der Waals surface area (Å²) in [5.41, 5.74) is 6.88. The van der Waals surface area contributed by atoms with Crippen molar-refractivity contribution in [2.24, 2.45) is 4.99 Å². The van der Waals surface area contributed by atoms with E-state index in [2.05, 4.69) is 62.4 Å². The molecule has 404 valence electrons. The van der Waals surface area contributed by atoms with E-state index in [4.69, 9.17) is 29.5 Å². The van der Waals surface area contributed by atoms with Crippen LogP contribution < -0.4 is 46.9 Å². The number of aromatic amines is 1. The highest BCUT2D eigenvalue weighted by Crippen LogP contribution is 2.66. The summed E-state index contributed by atoms with van der Waals surface area (Å²) in [6.45, 7) is 1.77. The minimum absolute atomic E-state index is 0.0277. The van der Waals surface area contributed by atoms with Crippen LogP contribution >= 0.6 is 22.4 Å². The van der Waals surface area contributed by atoms with Crippen LogP contribution in [0.15, 0.2) is 40.4 Å². The number of H-pyrrole nitrogens is 1. The first-order valence-electron chi connectivity index (χ1n) is 22.9. The number of alkyl carbamates (subject to hydrolysis) is 1. The van der Waals surface area contributed by atoms with Gasteiger partial charge in [-0.2, -0.15) is 17.7 Å². The maximum Gasteiger partial charge on any atom is 0.488 e. The summed E-state index contributed by atoms with van der Waals surface area (Å²) in [7, 11) is -15.7. The summed E-state index contributed by atoms with van der Waals surface area (Å²) >= 11 is 4.09. The number of amides is 2. The molecule has 3 unspecified atom stereocenters. The molecule has 4 aliphatic heterocycles. The van der Waals surface area contributed by atoms with Gasteiger partial charge >= 0.3 is 28.5 Å². The molecule has 34 heteroatoms. The van der Waals surface area contributed by atoms with Crippen molar-refractivity contribution in [1.82, 2.24) is 34.7 Å². The maximum atomic E-state index is 13.1. The standard InChI is InChI=1S/C40H53N10O19P3S2/c1-4-48-11-5-7-21-13-24-28(15-26(21)48)65-29-16-27-23(14-25(29)45-24)22(19-74(61,62)63)17-40(2,3)50(27)12-6-8-31(51)42-9-10-43-39(54)67-34-30(18-64-70(55,56)68-71(57,58)69-72(59,60)73)66-37(33(34)52)49-20-44-32-35(49)46-38(41)47-36(32)53/h13-16,20,22,30,33-34,37,52H,4-12,17-19H2,1-3H3,(H9-,41,42,43,46,47,51,53,54,55,56,57,58,59,60,61,62,63,73)/p+1/t22?,30-,33-,34-,37-/m1/s1. The van der Waals surface area contributed by atoms with Crippen molar-refractivity contribution in [1.29, 1.82) is 0 Å². The number of carbonyl (C=O) groups is 2. The number of aliphatic hydroxyl groups excluding tert-OH is 1. The normalized spacial score (nSPS) is 22.7. The first-order valence-corrected chi connectivity index (χ1v) is 30.1. The molecular formula is C40H54N10O19P3S2+. The molecule has 7 atom stereocenters. The third-order valence-corrected chi connectivity index (χ3v) is 17.8. The predicted octanol–water partition coefficient (Wildman–Crippen LogP) is 0.586. The molecule has 2 amide bonds. The summed E-state index contributed by atoms with van der Waals surface area (Å²) in [6.07, 6.45) is -4.43. The number of phosphoric ester groups is 1. The van der Waals surface area contributed by atoms with E-state index in [-0.39, 0.29) is 42.5 Å². The Morgan fingerprint density at radius 1 is 1.08 bits per heavy atom. The van der Waals surface area contributed by atoms with Crippen LogP contribution in [0, 0.1) is 0 Å². The number of nitrogens with two attached hydrogens (primary N) is 1. The Hall–Kier alpha value is -4.81. The van der Waals surface area contributed by atoms with E-state index in [0.29, 0.717) is 53.2 Å². The number of aromatic nitrogens is 4. The number of rotatable bonds is 19. The number of hydrogen-bond acceptors (Lipinski definition) is 20. The second-order valence-electron chi connectivity index (χ2n) is 18.3. The fourth-order valence-corrected chi connectivity index (χ4v) is 14.1. The van der Waals surface area contributed by atoms with E-state index in [9.17, 15) is 61.2 Å². The SMILES string of the molecule is CC[N+]1=c2cc3c(cc2CCC1)=Nc1cc2c(cc1O3)N(CCCC(=O)NCCNC(=O)O[C@H]1[C@@H](O)[C@H](n3cnc4c(=O)[nH]c(N)nc43)O[C@@H]1COP(=O)(O)OP(=O)(O)OP(O)(O)=S)C(C)(C)CC2CS(=O)(=O)O. The zero-order valence-corrected chi connectivity index (χ0v) is 44.0. The van der Waals surface area contributed by atoms with Crippen LogP contribution in [-0.4, -0.2) is 138 Å². The number of ether oxygens (including phenoxy) is 3. The van der Waals surface area contributed by atoms with Gasteiger partial charge in [0.2, 0.25) is 17.2 Å². The molecule has 0 spiro atoms. The first-order chi connectivity index (χ1) is 34.6. The number of benzene rings is 2. The number of nitrogen functional groups attached to an aromatic ring is 1. The third kappa shape index (κ3) is 12.9. The monoisotopic (exact) mass is 1140 g/mol. The fourth-order valence-electron chi connectivity index (χ4n) is 9.55. The van der Waals surface area contributed by atoms with Gasteiger partial charge in [0, 0.05) is 61.2 Å². The molecule has 8 rings (SSSR count). The summed E-state index contributed by atoms with van der Waals surface area (Å²) in [5.74, 6) is -0.752. The van der Waals surface area contributed by atoms with Crippen molar-refractivity contribution < 1.29 is 83.7 Å². The van der Waals surface area contributed by atoms with E-state index in [1.165, 1.54) is 5.56 Å². The fraction of sp³-hybridized carbons (Fsp3) is 0.525. The van der Waals surface area contributed by atoms with Gasteiger partial charge in [-0.1, -0.05) is 0 Å². The summed E-state index contributed by atoms with van der Waals surface area (Å²) in [5, 5.41) is 18.2. The molecule has 4 aliphatic rings. The van der Waals surface area contributed by atoms with Crippen molar-refractivity contribution >= 4 is 84.8 Å². The molecule has 1 fully saturated rings. The van der Waals surface area contributed by atoms with Crippen LogP contribution in [0.5, 0.6) is 11.5 Å². The lowest BCUT2D eigenvalue weighted by atomic mass is 9.79. The number of anilines is 2. The summed E-state index contributed by atoms with van der Waals surface area (Å²) in [4.78, 5) is 94.1. The van der Waals surface area contributed by atoms with Crippen LogP contribution in [0.4, 0.5) is 22.1 Å². The molecule has 74 heavy (non-hydrogen) atoms. The average Bonchev–Trinajstić information content (AvgIpc) is 3.83. The number of phosphoric acid groups is 2. The predicted molar refractivity (Wildman–Crippen MR) is 263 cm³/mol. The first kappa shape index (κ1) is 55.4. The highest BCUT2D eigenvalue weighted by Gasteiger charge is 2.50. The average molecular weight is 1140 g/mol. The molecule has 6 heterocycles. The smallest absolute Gasteiger partial charge is 0.452 e. The van der Waals surface area contributed by atoms with Crippen molar-refractivity contribution in [3.8, 4) is 11.5 Å². The lowest BCUT2D eigenvalue weighted by Gasteiger charge is -2.48. The summed E-state index contributed by atoms with van der Waals surface area (Å²) < 4.78 is 92.9. The van der Waals surface area contributed by atoms with Crippen LogP contribution in [0.3, 0.4) is 0 Å². The Bertz CT molecular complexity index is 3340. The zero-order valence-electron chi connectivity index (χ0n) is 39.7. The Morgan fingerprint density at radius 2 is 1.82 bits per heavy atom. The highest BCUT2D eigenvalue weighted by molar-refractivity contribution is 8.08. The quantitative estimate of drug-likeness (QED) is 0.0234. The van der Waals surface area contributed by atoms with E-state index >= 15 is 0 Å². The van der Waals surface area contributed by atoms with Gasteiger partial charge in [-0.05, 0) is 69.5 Å². The number of hydrogen-bond donors (Lipinski definition) is 10. The largest absolute Gasteiger partial charge is 0.488 e. The Labute approximate surface area is 425 Å². The Morgan fingerprint density at radius 3 is 2.54 bits per heavy atom. The van der Waals surface area contributed by atoms with E-state index in [0.717, 1.165) is 42.2 Å². The Balaban J connectivity index is 0.896. The van der Waals surface area contributed by atoms with Crippen molar-refractivity contribution in [3.05, 3.63) is 62.8 Å². The second kappa shape index (κ2) is 21.3. The van der Waals surface area contributed by atoms with E-state index in [1.807, 2.05) is 38.1 Å². The van der Waals surface area contributed by atoms with Crippen molar-refractivity contribution in [2.45, 2.75) is 88.9 Å². The number of nitrogens with zero attached hydrogens (tertiary/aromatic N) is 6. The highest BCUT2D eigenvalue weighted by atomic mass is 32.5. The minimum Gasteiger partial charge on any atom is -0.452 e. The molecule has 11 N–H and O–H groups in total. The zero-order chi connectivity index (χ0) is 53.7. The lowest BCUT2D eigenvalue weighted by molar-refractivity contribution is -0.121. The minimum atomic E-state index is -5.72. The van der Waals surface area contributed by atoms with Gasteiger partial charge in [0.05, 0.1) is 24.8 Å². The van der Waals surface area contributed by atoms with Crippen molar-refractivity contribution in [3.63, 3.8) is 0 Å². The number of aliphatic hydroxyl groups is 1. The second-order valence-corrected chi connectivity index (χ2v) is 25.7. The molecule has 1 saturated heterocycles. The van der Waals surface area contributed by atoms with Gasteiger partial charge < -0.3 is 60.2 Å². The third-order valence-electron chi connectivity index (χ3n) is 12.5. The van der Waals surface area contributed by atoms with E-state index < -0.39 is 92.5 Å². The van der Waals surface area contributed by atoms with Crippen molar-refractivity contribution in [2.75, 3.05) is 55.7 Å². The van der Waals surface area contributed by atoms with Gasteiger partial charge in [-0.15, -0.1) is 0 Å². The molecule has 0 saturated carbocycles. The number of nitrogens with one attached hydrogen (secondary N) is 3. The van der Waals surface area contributed by atoms with Crippen LogP contribution in [-0.2, 0) is 64.9 Å². The van der Waals surface area contributed by atoms with Gasteiger partial charge in [0.15, 0.2) is 35.0 Å². The maximum absolute atomic E-state index is 13.1. The topological polar surface area (TPSA) is 411 Å². The number of imidazole rings is 1. The number of fused-ring (bicyclic) bond motifs is 5. The molecular weight excluding hydrogens is 1080 g/mol. The molecule has 29 nitrogen and oxygen atoms in total. The molecule has 0 bridgehead atoms. The lowest BCUT2D eigenvalue weighted by Crippen LogP contribution is -2.50. The molecule has 0 aliphatic carbocycles. The van der Waals surface area contributed by atoms with Crippen LogP contribution in [0.1, 0.15) is 69.7 Å². The van der Waals surface area contributed by atoms with E-state index in [1.54, 1.807) is 0 Å². The van der Waals surface area contributed by atoms with Gasteiger partial charge in [0.1, 0.15) is 36.3 Å². The number of carbonyl (C=O) groups excluding carboxylic acids is 2. The number of aryl methyl sites for hydroxylation is 1. The summed E-state index contributed by atoms with van der Waals surface area (Å²) in [6, 6.07) is 7.67. The van der Waals surface area contributed by atoms with Gasteiger partial charge in [-0.25, -0.2) is 32.8 Å². The molecule has 4 aromatic rings. The molecule has 2 aromatic carbocycles. The van der Waals surface area contributed by atoms with Crippen LogP contribution in [0.25, 0.3) is 11.2 Å². The van der Waals surface area contributed by atoms with Gasteiger partial charge in [-0.3, -0.25) is 28.2 Å².